The van der Waals surface area contributed by atoms with Crippen LogP contribution in [0.2, 0.25) is 0 Å². The maximum Gasteiger partial charge on any atom is 0.336 e. The van der Waals surface area contributed by atoms with E-state index in [-0.39, 0.29) is 23.2 Å². The van der Waals surface area contributed by atoms with Crippen molar-refractivity contribution in [1.29, 1.82) is 0 Å². The van der Waals surface area contributed by atoms with Crippen LogP contribution in [0.4, 0.5) is 0 Å². The Hall–Kier alpha value is -2.76. The molecule has 0 aromatic heterocycles. The normalized spacial score (nSPS) is 20.7. The van der Waals surface area contributed by atoms with Crippen LogP contribution < -0.4 is 5.32 Å². The fourth-order valence-corrected chi connectivity index (χ4v) is 2.26. The van der Waals surface area contributed by atoms with Crippen molar-refractivity contribution in [1.82, 2.24) is 5.32 Å². The highest BCUT2D eigenvalue weighted by atomic mass is 16.4. The summed E-state index contributed by atoms with van der Waals surface area (Å²) in [5.41, 5.74) is 0.0275. The smallest absolute Gasteiger partial charge is 0.336 e. The second-order valence-corrected chi connectivity index (χ2v) is 5.82. The standard InChI is InChI=1S/C17H18N2O4/c1-10(2)17(3)16(23)18-14(19-17)12-7-6-11(5-4-8-20)9-13(12)15(21)22/h4-10H,1-3H3,(H,21,22)(H,18,19,23). The van der Waals surface area contributed by atoms with Crippen molar-refractivity contribution in [2.45, 2.75) is 26.3 Å². The maximum absolute atomic E-state index is 12.2. The minimum Gasteiger partial charge on any atom is -0.478 e. The highest BCUT2D eigenvalue weighted by molar-refractivity contribution is 6.18. The molecule has 1 unspecified atom stereocenters. The molecule has 0 saturated heterocycles. The van der Waals surface area contributed by atoms with E-state index in [2.05, 4.69) is 10.3 Å². The zero-order valence-corrected chi connectivity index (χ0v) is 13.2. The van der Waals surface area contributed by atoms with E-state index in [0.717, 1.165) is 0 Å². The molecule has 1 amide bonds. The second-order valence-electron chi connectivity index (χ2n) is 5.82. The lowest BCUT2D eigenvalue weighted by Crippen LogP contribution is -2.41. The first-order valence-electron chi connectivity index (χ1n) is 7.20. The van der Waals surface area contributed by atoms with Gasteiger partial charge in [0.1, 0.15) is 17.7 Å². The summed E-state index contributed by atoms with van der Waals surface area (Å²) in [6, 6.07) is 4.69. The SMILES string of the molecule is CC(C)C1(C)N=C(c2ccc(C=CC=O)cc2C(=O)O)NC1=O. The van der Waals surface area contributed by atoms with E-state index < -0.39 is 11.5 Å². The summed E-state index contributed by atoms with van der Waals surface area (Å²) in [4.78, 5) is 38.5. The Morgan fingerprint density at radius 2 is 2.09 bits per heavy atom. The Kier molecular flexibility index (Phi) is 4.45. The van der Waals surface area contributed by atoms with Crippen LogP contribution in [0.15, 0.2) is 29.3 Å². The van der Waals surface area contributed by atoms with E-state index in [1.807, 2.05) is 13.8 Å². The van der Waals surface area contributed by atoms with Gasteiger partial charge in [0.05, 0.1) is 5.56 Å². The van der Waals surface area contributed by atoms with Gasteiger partial charge in [0.25, 0.3) is 5.91 Å². The Balaban J connectivity index is 2.52. The lowest BCUT2D eigenvalue weighted by molar-refractivity contribution is -0.124. The van der Waals surface area contributed by atoms with Gasteiger partial charge in [-0.25, -0.2) is 4.79 Å². The van der Waals surface area contributed by atoms with Gasteiger partial charge in [-0.15, -0.1) is 0 Å². The van der Waals surface area contributed by atoms with Gasteiger partial charge in [-0.2, -0.15) is 0 Å². The van der Waals surface area contributed by atoms with Crippen molar-refractivity contribution in [3.05, 3.63) is 41.0 Å². The van der Waals surface area contributed by atoms with Crippen molar-refractivity contribution in [3.8, 4) is 0 Å². The van der Waals surface area contributed by atoms with Crippen LogP contribution in [0.5, 0.6) is 0 Å². The summed E-state index contributed by atoms with van der Waals surface area (Å²) in [6.45, 7) is 5.50. The number of carbonyl (C=O) groups excluding carboxylic acids is 2. The number of rotatable bonds is 5. The highest BCUT2D eigenvalue weighted by Gasteiger charge is 2.42. The molecule has 0 bridgehead atoms. The van der Waals surface area contributed by atoms with Gasteiger partial charge in [-0.05, 0) is 36.6 Å². The van der Waals surface area contributed by atoms with Gasteiger partial charge in [0.15, 0.2) is 0 Å². The number of carbonyl (C=O) groups is 3. The van der Waals surface area contributed by atoms with Gasteiger partial charge in [-0.1, -0.05) is 26.0 Å². The van der Waals surface area contributed by atoms with Crippen LogP contribution in [0.1, 0.15) is 42.3 Å². The maximum atomic E-state index is 12.2. The molecule has 6 heteroatoms. The molecule has 0 spiro atoms. The first-order valence-corrected chi connectivity index (χ1v) is 7.20. The molecule has 1 aromatic rings. The predicted octanol–water partition coefficient (Wildman–Crippen LogP) is 1.89. The quantitative estimate of drug-likeness (QED) is 0.641. The Morgan fingerprint density at radius 3 is 2.61 bits per heavy atom. The number of aliphatic imine (C=N–C) groups is 1. The van der Waals surface area contributed by atoms with Crippen LogP contribution in [0.3, 0.4) is 0 Å². The molecular formula is C17H18N2O4. The third kappa shape index (κ3) is 3.06. The zero-order valence-electron chi connectivity index (χ0n) is 13.2. The molecular weight excluding hydrogens is 296 g/mol. The summed E-state index contributed by atoms with van der Waals surface area (Å²) in [7, 11) is 0. The van der Waals surface area contributed by atoms with Crippen LogP contribution in [-0.2, 0) is 9.59 Å². The van der Waals surface area contributed by atoms with Gasteiger partial charge in [0.2, 0.25) is 0 Å². The topological polar surface area (TPSA) is 95.8 Å². The second kappa shape index (κ2) is 6.16. The van der Waals surface area contributed by atoms with Crippen LogP contribution >= 0.6 is 0 Å². The van der Waals surface area contributed by atoms with Crippen LogP contribution in [0.25, 0.3) is 6.08 Å². The molecule has 120 valence electrons. The molecule has 1 aromatic carbocycles. The number of benzene rings is 1. The molecule has 0 fully saturated rings. The van der Waals surface area contributed by atoms with Gasteiger partial charge < -0.3 is 10.4 Å². The number of carboxylic acid groups (broad SMARTS) is 1. The summed E-state index contributed by atoms with van der Waals surface area (Å²) in [5.74, 6) is -1.14. The number of carboxylic acids is 1. The number of hydrogen-bond donors (Lipinski definition) is 2. The third-order valence-corrected chi connectivity index (χ3v) is 4.06. The first kappa shape index (κ1) is 16.6. The van der Waals surface area contributed by atoms with Crippen molar-refractivity contribution in [2.24, 2.45) is 10.9 Å². The molecule has 1 aliphatic rings. The summed E-state index contributed by atoms with van der Waals surface area (Å²) >= 11 is 0. The molecule has 2 N–H and O–H groups in total. The fourth-order valence-electron chi connectivity index (χ4n) is 2.26. The molecule has 1 aliphatic heterocycles. The van der Waals surface area contributed by atoms with Gasteiger partial charge in [0, 0.05) is 5.56 Å². The molecule has 0 aliphatic carbocycles. The molecule has 0 saturated carbocycles. The fraction of sp³-hybridized carbons (Fsp3) is 0.294. The van der Waals surface area contributed by atoms with E-state index in [4.69, 9.17) is 0 Å². The third-order valence-electron chi connectivity index (χ3n) is 4.06. The molecule has 1 heterocycles. The van der Waals surface area contributed by atoms with E-state index in [9.17, 15) is 19.5 Å². The molecule has 2 rings (SSSR count). The summed E-state index contributed by atoms with van der Waals surface area (Å²) in [5, 5.41) is 12.1. The summed E-state index contributed by atoms with van der Waals surface area (Å²) < 4.78 is 0. The number of hydrogen-bond acceptors (Lipinski definition) is 4. The number of amides is 1. The molecule has 0 radical (unpaired) electrons. The van der Waals surface area contributed by atoms with E-state index in [0.29, 0.717) is 17.4 Å². The van der Waals surface area contributed by atoms with Crippen molar-refractivity contribution in [3.63, 3.8) is 0 Å². The number of nitrogens with zero attached hydrogens (tertiary/aromatic N) is 1. The predicted molar refractivity (Wildman–Crippen MR) is 86.4 cm³/mol. The van der Waals surface area contributed by atoms with Gasteiger partial charge >= 0.3 is 5.97 Å². The monoisotopic (exact) mass is 314 g/mol. The lowest BCUT2D eigenvalue weighted by Gasteiger charge is -2.21. The molecule has 23 heavy (non-hydrogen) atoms. The number of nitrogens with one attached hydrogen (secondary N) is 1. The van der Waals surface area contributed by atoms with Gasteiger partial charge in [-0.3, -0.25) is 14.6 Å². The number of aldehydes is 1. The Bertz CT molecular complexity index is 734. The van der Waals surface area contributed by atoms with Crippen molar-refractivity contribution < 1.29 is 19.5 Å². The highest BCUT2D eigenvalue weighted by Crippen LogP contribution is 2.28. The zero-order chi connectivity index (χ0) is 17.2. The molecule has 1 atom stereocenters. The Morgan fingerprint density at radius 1 is 1.39 bits per heavy atom. The number of allylic oxidation sites excluding steroid dienone is 1. The van der Waals surface area contributed by atoms with Crippen molar-refractivity contribution >= 4 is 30.1 Å². The average molecular weight is 314 g/mol. The van der Waals surface area contributed by atoms with Crippen LogP contribution in [-0.4, -0.2) is 34.6 Å². The minimum absolute atomic E-state index is 0.0186. The molecule has 6 nitrogen and oxygen atoms in total. The minimum atomic E-state index is -1.13. The van der Waals surface area contributed by atoms with E-state index >= 15 is 0 Å². The van der Waals surface area contributed by atoms with E-state index in [1.54, 1.807) is 19.1 Å². The lowest BCUT2D eigenvalue weighted by atomic mass is 9.89. The van der Waals surface area contributed by atoms with Crippen LogP contribution in [0, 0.1) is 5.92 Å². The number of amidine groups is 1. The van der Waals surface area contributed by atoms with E-state index in [1.165, 1.54) is 18.2 Å². The Labute approximate surface area is 133 Å². The first-order chi connectivity index (χ1) is 10.8. The number of aromatic carboxylic acids is 1. The largest absolute Gasteiger partial charge is 0.478 e. The summed E-state index contributed by atoms with van der Waals surface area (Å²) in [6.07, 6.45) is 3.41. The average Bonchev–Trinajstić information content (AvgIpc) is 2.81. The van der Waals surface area contributed by atoms with Crippen molar-refractivity contribution in [2.75, 3.05) is 0 Å².